The van der Waals surface area contributed by atoms with Crippen molar-refractivity contribution in [3.8, 4) is 0 Å². The van der Waals surface area contributed by atoms with E-state index in [4.69, 9.17) is 5.11 Å². The van der Waals surface area contributed by atoms with Crippen LogP contribution in [0.4, 0.5) is 5.69 Å². The third-order valence-corrected chi connectivity index (χ3v) is 4.05. The second-order valence-corrected chi connectivity index (χ2v) is 5.60. The Balaban J connectivity index is 2.00. The summed E-state index contributed by atoms with van der Waals surface area (Å²) in [6, 6.07) is 4.85. The number of piperidine rings is 1. The number of benzene rings is 1. The summed E-state index contributed by atoms with van der Waals surface area (Å²) in [6.07, 6.45) is 1.26. The molecule has 6 nitrogen and oxygen atoms in total. The fourth-order valence-corrected chi connectivity index (χ4v) is 2.63. The molecule has 0 aromatic heterocycles. The average molecular weight is 304 g/mol. The highest BCUT2D eigenvalue weighted by molar-refractivity contribution is 5.95. The van der Waals surface area contributed by atoms with Gasteiger partial charge < -0.3 is 15.3 Å². The van der Waals surface area contributed by atoms with Gasteiger partial charge in [-0.15, -0.1) is 0 Å². The lowest BCUT2D eigenvalue weighted by Crippen LogP contribution is -2.40. The van der Waals surface area contributed by atoms with Gasteiger partial charge in [0.1, 0.15) is 0 Å². The largest absolute Gasteiger partial charge is 0.478 e. The van der Waals surface area contributed by atoms with Gasteiger partial charge in [0.15, 0.2) is 0 Å². The van der Waals surface area contributed by atoms with Crippen molar-refractivity contribution in [2.24, 2.45) is 5.92 Å². The molecule has 2 amide bonds. The molecule has 0 unspecified atom stereocenters. The standard InChI is InChI=1S/C16H20N2O4/c1-10-3-4-13(9-14(10)16(21)22)17-15(20)12-5-7-18(8-6-12)11(2)19/h3-4,9,12H,5-8H2,1-2H3,(H,17,20)(H,21,22). The highest BCUT2D eigenvalue weighted by atomic mass is 16.4. The van der Waals surface area contributed by atoms with Crippen LogP contribution in [0, 0.1) is 12.8 Å². The number of aromatic carboxylic acids is 1. The fraction of sp³-hybridized carbons (Fsp3) is 0.438. The van der Waals surface area contributed by atoms with Gasteiger partial charge in [-0.25, -0.2) is 4.79 Å². The highest BCUT2D eigenvalue weighted by Crippen LogP contribution is 2.21. The number of aryl methyl sites for hydroxylation is 1. The quantitative estimate of drug-likeness (QED) is 0.892. The minimum Gasteiger partial charge on any atom is -0.478 e. The maximum absolute atomic E-state index is 12.2. The molecule has 1 heterocycles. The Morgan fingerprint density at radius 3 is 2.41 bits per heavy atom. The Morgan fingerprint density at radius 1 is 1.23 bits per heavy atom. The van der Waals surface area contributed by atoms with Gasteiger partial charge in [0, 0.05) is 31.6 Å². The molecular weight excluding hydrogens is 284 g/mol. The summed E-state index contributed by atoms with van der Waals surface area (Å²) in [6.45, 7) is 4.41. The van der Waals surface area contributed by atoms with Crippen molar-refractivity contribution in [2.45, 2.75) is 26.7 Å². The molecule has 0 bridgehead atoms. The minimum absolute atomic E-state index is 0.0310. The van der Waals surface area contributed by atoms with Gasteiger partial charge in [-0.3, -0.25) is 9.59 Å². The highest BCUT2D eigenvalue weighted by Gasteiger charge is 2.26. The zero-order chi connectivity index (χ0) is 16.3. The van der Waals surface area contributed by atoms with Crippen LogP contribution < -0.4 is 5.32 Å². The van der Waals surface area contributed by atoms with Gasteiger partial charge in [0.05, 0.1) is 5.56 Å². The lowest BCUT2D eigenvalue weighted by molar-refractivity contribution is -0.132. The van der Waals surface area contributed by atoms with E-state index in [9.17, 15) is 14.4 Å². The molecule has 0 spiro atoms. The van der Waals surface area contributed by atoms with Crippen LogP contribution in [0.25, 0.3) is 0 Å². The molecule has 1 aliphatic rings. The first-order valence-corrected chi connectivity index (χ1v) is 7.29. The number of rotatable bonds is 3. The first kappa shape index (κ1) is 16.0. The smallest absolute Gasteiger partial charge is 0.336 e. The SMILES string of the molecule is CC(=O)N1CCC(C(=O)Nc2ccc(C)c(C(=O)O)c2)CC1. The first-order valence-electron chi connectivity index (χ1n) is 7.29. The number of nitrogens with zero attached hydrogens (tertiary/aromatic N) is 1. The van der Waals surface area contributed by atoms with Crippen LogP contribution in [-0.2, 0) is 9.59 Å². The predicted molar refractivity (Wildman–Crippen MR) is 81.7 cm³/mol. The van der Waals surface area contributed by atoms with Crippen molar-refractivity contribution in [3.63, 3.8) is 0 Å². The van der Waals surface area contributed by atoms with Gasteiger partial charge in [0.25, 0.3) is 0 Å². The van der Waals surface area contributed by atoms with Crippen LogP contribution in [0.1, 0.15) is 35.7 Å². The number of carboxylic acid groups (broad SMARTS) is 1. The molecule has 1 aliphatic heterocycles. The van der Waals surface area contributed by atoms with Gasteiger partial charge in [-0.05, 0) is 37.5 Å². The molecule has 1 fully saturated rings. The lowest BCUT2D eigenvalue weighted by Gasteiger charge is -2.30. The van der Waals surface area contributed by atoms with Crippen LogP contribution in [0.15, 0.2) is 18.2 Å². The molecule has 0 aliphatic carbocycles. The molecule has 0 atom stereocenters. The molecule has 22 heavy (non-hydrogen) atoms. The number of carbonyl (C=O) groups is 3. The number of hydrogen-bond donors (Lipinski definition) is 2. The number of likely N-dealkylation sites (tertiary alicyclic amines) is 1. The fourth-order valence-electron chi connectivity index (χ4n) is 2.63. The number of nitrogens with one attached hydrogen (secondary N) is 1. The molecule has 1 saturated heterocycles. The molecular formula is C16H20N2O4. The predicted octanol–water partition coefficient (Wildman–Crippen LogP) is 1.89. The zero-order valence-corrected chi connectivity index (χ0v) is 12.8. The second-order valence-electron chi connectivity index (χ2n) is 5.60. The summed E-state index contributed by atoms with van der Waals surface area (Å²) >= 11 is 0. The third kappa shape index (κ3) is 3.63. The zero-order valence-electron chi connectivity index (χ0n) is 12.8. The van der Waals surface area contributed by atoms with E-state index >= 15 is 0 Å². The van der Waals surface area contributed by atoms with Crippen LogP contribution in [0.5, 0.6) is 0 Å². The van der Waals surface area contributed by atoms with E-state index in [1.807, 2.05) is 0 Å². The Labute approximate surface area is 129 Å². The molecule has 2 N–H and O–H groups in total. The molecule has 6 heteroatoms. The van der Waals surface area contributed by atoms with Crippen LogP contribution in [0.2, 0.25) is 0 Å². The van der Waals surface area contributed by atoms with E-state index < -0.39 is 5.97 Å². The van der Waals surface area contributed by atoms with Crippen molar-refractivity contribution >= 4 is 23.5 Å². The van der Waals surface area contributed by atoms with E-state index in [0.717, 1.165) is 0 Å². The van der Waals surface area contributed by atoms with Gasteiger partial charge in [-0.2, -0.15) is 0 Å². The monoisotopic (exact) mass is 304 g/mol. The van der Waals surface area contributed by atoms with Gasteiger partial charge in [0.2, 0.25) is 11.8 Å². The van der Waals surface area contributed by atoms with Crippen LogP contribution in [-0.4, -0.2) is 40.9 Å². The van der Waals surface area contributed by atoms with Gasteiger partial charge in [-0.1, -0.05) is 6.07 Å². The average Bonchev–Trinajstić information content (AvgIpc) is 2.49. The summed E-state index contributed by atoms with van der Waals surface area (Å²) in [4.78, 5) is 36.4. The Kier molecular flexibility index (Phi) is 4.80. The summed E-state index contributed by atoms with van der Waals surface area (Å²) in [5, 5.41) is 11.9. The van der Waals surface area contributed by atoms with E-state index in [0.29, 0.717) is 37.2 Å². The van der Waals surface area contributed by atoms with Crippen molar-refractivity contribution in [1.82, 2.24) is 4.90 Å². The van der Waals surface area contributed by atoms with E-state index in [1.165, 1.54) is 13.0 Å². The molecule has 0 saturated carbocycles. The molecule has 0 radical (unpaired) electrons. The van der Waals surface area contributed by atoms with E-state index in [1.54, 1.807) is 24.0 Å². The summed E-state index contributed by atoms with van der Waals surface area (Å²) in [7, 11) is 0. The molecule has 1 aromatic carbocycles. The maximum atomic E-state index is 12.2. The Morgan fingerprint density at radius 2 is 1.86 bits per heavy atom. The normalized spacial score (nSPS) is 15.5. The first-order chi connectivity index (χ1) is 10.4. The lowest BCUT2D eigenvalue weighted by atomic mass is 9.95. The van der Waals surface area contributed by atoms with Crippen molar-refractivity contribution < 1.29 is 19.5 Å². The molecule has 118 valence electrons. The topological polar surface area (TPSA) is 86.7 Å². The summed E-state index contributed by atoms with van der Waals surface area (Å²) in [5.41, 5.74) is 1.33. The van der Waals surface area contributed by atoms with Crippen molar-refractivity contribution in [1.29, 1.82) is 0 Å². The summed E-state index contributed by atoms with van der Waals surface area (Å²) < 4.78 is 0. The Bertz CT molecular complexity index is 604. The van der Waals surface area contributed by atoms with Crippen LogP contribution >= 0.6 is 0 Å². The molecule has 2 rings (SSSR count). The third-order valence-electron chi connectivity index (χ3n) is 4.05. The number of carbonyl (C=O) groups excluding carboxylic acids is 2. The van der Waals surface area contributed by atoms with Gasteiger partial charge >= 0.3 is 5.97 Å². The molecule has 1 aromatic rings. The van der Waals surface area contributed by atoms with Crippen molar-refractivity contribution in [2.75, 3.05) is 18.4 Å². The van der Waals surface area contributed by atoms with E-state index in [-0.39, 0.29) is 23.3 Å². The summed E-state index contributed by atoms with van der Waals surface area (Å²) in [5.74, 6) is -1.25. The maximum Gasteiger partial charge on any atom is 0.336 e. The van der Waals surface area contributed by atoms with Crippen molar-refractivity contribution in [3.05, 3.63) is 29.3 Å². The Hall–Kier alpha value is -2.37. The number of anilines is 1. The minimum atomic E-state index is -1.01. The van der Waals surface area contributed by atoms with Crippen LogP contribution in [0.3, 0.4) is 0 Å². The number of amides is 2. The number of carboxylic acids is 1. The number of hydrogen-bond acceptors (Lipinski definition) is 3. The second kappa shape index (κ2) is 6.60. The van der Waals surface area contributed by atoms with E-state index in [2.05, 4.69) is 5.32 Å².